The van der Waals surface area contributed by atoms with Crippen LogP contribution in [0.4, 0.5) is 4.39 Å². The average molecular weight is 320 g/mol. The molecule has 0 heterocycles. The summed E-state index contributed by atoms with van der Waals surface area (Å²) in [5, 5.41) is 0. The predicted octanol–water partition coefficient (Wildman–Crippen LogP) is 6.00. The Bertz CT molecular complexity index is 830. The molecular formula is C22H21FO. The van der Waals surface area contributed by atoms with Crippen LogP contribution in [0.3, 0.4) is 0 Å². The van der Waals surface area contributed by atoms with Gasteiger partial charge in [-0.2, -0.15) is 0 Å². The highest BCUT2D eigenvalue weighted by Crippen LogP contribution is 2.31. The van der Waals surface area contributed by atoms with E-state index < -0.39 is 0 Å². The van der Waals surface area contributed by atoms with Gasteiger partial charge in [0.1, 0.15) is 18.2 Å². The summed E-state index contributed by atoms with van der Waals surface area (Å²) < 4.78 is 19.8. The molecule has 0 bridgehead atoms. The van der Waals surface area contributed by atoms with E-state index in [1.165, 1.54) is 0 Å². The van der Waals surface area contributed by atoms with Gasteiger partial charge in [-0.05, 0) is 72.4 Å². The summed E-state index contributed by atoms with van der Waals surface area (Å²) in [5.41, 5.74) is 5.81. The number of hydrogen-bond donors (Lipinski definition) is 0. The molecule has 1 nitrogen and oxygen atoms in total. The van der Waals surface area contributed by atoms with Crippen molar-refractivity contribution in [3.05, 3.63) is 88.7 Å². The van der Waals surface area contributed by atoms with E-state index in [0.29, 0.717) is 12.2 Å². The molecule has 0 unspecified atom stereocenters. The highest BCUT2D eigenvalue weighted by molar-refractivity contribution is 5.67. The van der Waals surface area contributed by atoms with Gasteiger partial charge in [-0.25, -0.2) is 4.39 Å². The van der Waals surface area contributed by atoms with E-state index in [9.17, 15) is 4.39 Å². The van der Waals surface area contributed by atoms with E-state index in [4.69, 9.17) is 4.74 Å². The Hall–Kier alpha value is -2.61. The average Bonchev–Trinajstić information content (AvgIpc) is 2.57. The van der Waals surface area contributed by atoms with Gasteiger partial charge in [-0.3, -0.25) is 0 Å². The number of halogens is 1. The fourth-order valence-electron chi connectivity index (χ4n) is 2.85. The fourth-order valence-corrected chi connectivity index (χ4v) is 2.85. The van der Waals surface area contributed by atoms with E-state index in [-0.39, 0.29) is 5.82 Å². The molecule has 122 valence electrons. The van der Waals surface area contributed by atoms with Crippen molar-refractivity contribution in [3.63, 3.8) is 0 Å². The Morgan fingerprint density at radius 2 is 1.42 bits per heavy atom. The first kappa shape index (κ1) is 16.3. The lowest BCUT2D eigenvalue weighted by Crippen LogP contribution is -1.99. The molecule has 0 aromatic heterocycles. The highest BCUT2D eigenvalue weighted by atomic mass is 19.1. The van der Waals surface area contributed by atoms with Gasteiger partial charge in [0.15, 0.2) is 0 Å². The third-order valence-corrected chi connectivity index (χ3v) is 4.19. The Balaban J connectivity index is 1.87. The molecule has 0 saturated carbocycles. The fraction of sp³-hybridized carbons (Fsp3) is 0.182. The molecule has 3 aromatic rings. The van der Waals surface area contributed by atoms with Crippen molar-refractivity contribution in [2.75, 3.05) is 0 Å². The minimum absolute atomic E-state index is 0.174. The van der Waals surface area contributed by atoms with Crippen LogP contribution in [0.25, 0.3) is 11.1 Å². The van der Waals surface area contributed by atoms with E-state index in [0.717, 1.165) is 33.6 Å². The monoisotopic (exact) mass is 320 g/mol. The maximum absolute atomic E-state index is 13.8. The quantitative estimate of drug-likeness (QED) is 0.573. The lowest BCUT2D eigenvalue weighted by atomic mass is 9.98. The Kier molecular flexibility index (Phi) is 4.66. The number of benzene rings is 3. The molecule has 2 heteroatoms. The molecule has 0 saturated heterocycles. The zero-order valence-corrected chi connectivity index (χ0v) is 14.3. The minimum Gasteiger partial charge on any atom is -0.488 e. The summed E-state index contributed by atoms with van der Waals surface area (Å²) in [6.07, 6.45) is 0. The summed E-state index contributed by atoms with van der Waals surface area (Å²) in [6.45, 7) is 6.37. The minimum atomic E-state index is -0.174. The maximum Gasteiger partial charge on any atom is 0.126 e. The van der Waals surface area contributed by atoms with Gasteiger partial charge in [-0.1, -0.05) is 42.5 Å². The highest BCUT2D eigenvalue weighted by Gasteiger charge is 2.09. The second-order valence-electron chi connectivity index (χ2n) is 6.18. The molecule has 3 rings (SSSR count). The van der Waals surface area contributed by atoms with E-state index >= 15 is 0 Å². The summed E-state index contributed by atoms with van der Waals surface area (Å²) in [7, 11) is 0. The van der Waals surface area contributed by atoms with Gasteiger partial charge >= 0.3 is 0 Å². The molecule has 0 aliphatic rings. The molecule has 0 fully saturated rings. The van der Waals surface area contributed by atoms with Crippen LogP contribution < -0.4 is 4.74 Å². The predicted molar refractivity (Wildman–Crippen MR) is 96.8 cm³/mol. The summed E-state index contributed by atoms with van der Waals surface area (Å²) in [4.78, 5) is 0. The zero-order chi connectivity index (χ0) is 17.1. The number of rotatable bonds is 4. The molecule has 0 aliphatic carbocycles. The molecule has 0 spiro atoms. The van der Waals surface area contributed by atoms with Crippen molar-refractivity contribution < 1.29 is 9.13 Å². The second kappa shape index (κ2) is 6.88. The van der Waals surface area contributed by atoms with Crippen molar-refractivity contribution in [2.24, 2.45) is 0 Å². The largest absolute Gasteiger partial charge is 0.488 e. The second-order valence-corrected chi connectivity index (χ2v) is 6.18. The first-order chi connectivity index (χ1) is 11.5. The Labute approximate surface area is 142 Å². The standard InChI is InChI=1S/C22H21FO/c1-15-9-10-19(13-21(15)23)20-11-16(2)22(17(3)12-20)24-14-18-7-5-4-6-8-18/h4-13H,14H2,1-3H3. The summed E-state index contributed by atoms with van der Waals surface area (Å²) in [6, 6.07) is 19.6. The van der Waals surface area contributed by atoms with Crippen molar-refractivity contribution in [1.82, 2.24) is 0 Å². The Morgan fingerprint density at radius 3 is 2.04 bits per heavy atom. The lowest BCUT2D eigenvalue weighted by molar-refractivity contribution is 0.302. The van der Waals surface area contributed by atoms with Gasteiger partial charge in [0, 0.05) is 0 Å². The van der Waals surface area contributed by atoms with E-state index in [1.54, 1.807) is 13.0 Å². The third kappa shape index (κ3) is 3.48. The van der Waals surface area contributed by atoms with Crippen molar-refractivity contribution in [2.45, 2.75) is 27.4 Å². The maximum atomic E-state index is 13.8. The molecule has 0 radical (unpaired) electrons. The lowest BCUT2D eigenvalue weighted by Gasteiger charge is -2.15. The van der Waals surface area contributed by atoms with Gasteiger partial charge in [0.25, 0.3) is 0 Å². The van der Waals surface area contributed by atoms with Gasteiger partial charge in [0.05, 0.1) is 0 Å². The molecule has 0 atom stereocenters. The topological polar surface area (TPSA) is 9.23 Å². The van der Waals surface area contributed by atoms with Gasteiger partial charge < -0.3 is 4.74 Å². The number of ether oxygens (including phenoxy) is 1. The molecular weight excluding hydrogens is 299 g/mol. The van der Waals surface area contributed by atoms with Crippen LogP contribution >= 0.6 is 0 Å². The molecule has 0 aliphatic heterocycles. The summed E-state index contributed by atoms with van der Waals surface area (Å²) in [5.74, 6) is 0.724. The molecule has 0 amide bonds. The Morgan fingerprint density at radius 1 is 0.750 bits per heavy atom. The molecule has 3 aromatic carbocycles. The summed E-state index contributed by atoms with van der Waals surface area (Å²) >= 11 is 0. The van der Waals surface area contributed by atoms with Gasteiger partial charge in [-0.15, -0.1) is 0 Å². The number of hydrogen-bond acceptors (Lipinski definition) is 1. The molecule has 0 N–H and O–H groups in total. The van der Waals surface area contributed by atoms with E-state index in [1.807, 2.05) is 56.3 Å². The van der Waals surface area contributed by atoms with Crippen molar-refractivity contribution in [1.29, 1.82) is 0 Å². The van der Waals surface area contributed by atoms with E-state index in [2.05, 4.69) is 12.1 Å². The first-order valence-corrected chi connectivity index (χ1v) is 8.09. The van der Waals surface area contributed by atoms with Crippen LogP contribution in [0.1, 0.15) is 22.3 Å². The van der Waals surface area contributed by atoms with Crippen molar-refractivity contribution >= 4 is 0 Å². The van der Waals surface area contributed by atoms with Crippen LogP contribution in [0.2, 0.25) is 0 Å². The van der Waals surface area contributed by atoms with Crippen molar-refractivity contribution in [3.8, 4) is 16.9 Å². The smallest absolute Gasteiger partial charge is 0.126 e. The van der Waals surface area contributed by atoms with Crippen LogP contribution in [0.15, 0.2) is 60.7 Å². The van der Waals surface area contributed by atoms with Crippen LogP contribution in [-0.2, 0) is 6.61 Å². The van der Waals surface area contributed by atoms with Crippen LogP contribution in [0, 0.1) is 26.6 Å². The van der Waals surface area contributed by atoms with Gasteiger partial charge in [0.2, 0.25) is 0 Å². The normalized spacial score (nSPS) is 10.7. The first-order valence-electron chi connectivity index (χ1n) is 8.09. The van der Waals surface area contributed by atoms with Crippen LogP contribution in [-0.4, -0.2) is 0 Å². The third-order valence-electron chi connectivity index (χ3n) is 4.19. The van der Waals surface area contributed by atoms with Crippen LogP contribution in [0.5, 0.6) is 5.75 Å². The SMILES string of the molecule is Cc1ccc(-c2cc(C)c(OCc3ccccc3)c(C)c2)cc1F. The number of aryl methyl sites for hydroxylation is 3. The zero-order valence-electron chi connectivity index (χ0n) is 14.3. The molecule has 24 heavy (non-hydrogen) atoms.